The van der Waals surface area contributed by atoms with Gasteiger partial charge in [0, 0.05) is 25.4 Å². The van der Waals surface area contributed by atoms with Gasteiger partial charge in [-0.2, -0.15) is 0 Å². The smallest absolute Gasteiger partial charge is 0.329 e. The number of amides is 1. The summed E-state index contributed by atoms with van der Waals surface area (Å²) in [5, 5.41) is 3.35. The van der Waals surface area contributed by atoms with E-state index >= 15 is 0 Å². The van der Waals surface area contributed by atoms with Crippen molar-refractivity contribution in [3.63, 3.8) is 0 Å². The molecule has 0 N–H and O–H groups in total. The average molecular weight is 540 g/mol. The molecule has 0 saturated heterocycles. The van der Waals surface area contributed by atoms with E-state index in [4.69, 9.17) is 9.73 Å². The van der Waals surface area contributed by atoms with E-state index in [1.165, 1.54) is 10.6 Å². The summed E-state index contributed by atoms with van der Waals surface area (Å²) in [6.07, 6.45) is 0. The largest absolute Gasteiger partial charge is 0.475 e. The Labute approximate surface area is 233 Å². The van der Waals surface area contributed by atoms with Crippen LogP contribution in [-0.4, -0.2) is 46.1 Å². The summed E-state index contributed by atoms with van der Waals surface area (Å²) < 4.78 is 8.32. The van der Waals surface area contributed by atoms with E-state index in [0.717, 1.165) is 21.9 Å². The van der Waals surface area contributed by atoms with Crippen LogP contribution in [0.2, 0.25) is 0 Å². The van der Waals surface area contributed by atoms with E-state index < -0.39 is 7.92 Å². The number of carbonyl (C=O) groups is 1. The van der Waals surface area contributed by atoms with Crippen molar-refractivity contribution < 1.29 is 9.53 Å². The molecule has 1 atom stereocenters. The average Bonchev–Trinajstić information content (AvgIpc) is 3.53. The summed E-state index contributed by atoms with van der Waals surface area (Å²) in [6, 6.07) is 29.4. The molecule has 0 aliphatic carbocycles. The molecule has 5 rings (SSSR count). The number of benzene rings is 3. The van der Waals surface area contributed by atoms with E-state index in [-0.39, 0.29) is 24.2 Å². The van der Waals surface area contributed by atoms with Crippen LogP contribution in [0.15, 0.2) is 89.9 Å². The maximum atomic E-state index is 14.6. The molecule has 0 fully saturated rings. The molecule has 6 heteroatoms. The van der Waals surface area contributed by atoms with Crippen molar-refractivity contribution in [1.29, 1.82) is 0 Å². The van der Waals surface area contributed by atoms with Crippen molar-refractivity contribution >= 4 is 46.8 Å². The number of aromatic nitrogens is 1. The van der Waals surface area contributed by atoms with Crippen LogP contribution in [0.3, 0.4) is 0 Å². The molecule has 0 spiro atoms. The highest BCUT2D eigenvalue weighted by Gasteiger charge is 2.36. The van der Waals surface area contributed by atoms with Crippen LogP contribution in [0, 0.1) is 5.92 Å². The summed E-state index contributed by atoms with van der Waals surface area (Å²) in [7, 11) is -1.12. The number of nitrogens with zero attached hydrogens (tertiary/aromatic N) is 3. The summed E-state index contributed by atoms with van der Waals surface area (Å²) in [6.45, 7) is 13.2. The lowest BCUT2D eigenvalue weighted by Gasteiger charge is -2.32. The Bertz CT molecular complexity index is 1430. The lowest BCUT2D eigenvalue weighted by Crippen LogP contribution is -2.47. The van der Waals surface area contributed by atoms with Gasteiger partial charge in [-0.15, -0.1) is 0 Å². The van der Waals surface area contributed by atoms with Gasteiger partial charge in [-0.3, -0.25) is 4.57 Å². The molecule has 3 aromatic carbocycles. The molecule has 39 heavy (non-hydrogen) atoms. The highest BCUT2D eigenvalue weighted by Crippen LogP contribution is 2.39. The third-order valence-electron chi connectivity index (χ3n) is 7.27. The maximum Gasteiger partial charge on any atom is 0.329 e. The first-order valence-electron chi connectivity index (χ1n) is 13.9. The van der Waals surface area contributed by atoms with Crippen molar-refractivity contribution in [2.45, 2.75) is 59.7 Å². The minimum atomic E-state index is -1.12. The molecule has 0 bridgehead atoms. The van der Waals surface area contributed by atoms with Crippen LogP contribution in [0.25, 0.3) is 10.9 Å². The third kappa shape index (κ3) is 5.13. The number of para-hydroxylation sites is 1. The fraction of sp³-hybridized carbons (Fsp3) is 0.333. The van der Waals surface area contributed by atoms with Gasteiger partial charge in [-0.1, -0.05) is 92.7 Å². The molecule has 202 valence electrons. The highest BCUT2D eigenvalue weighted by atomic mass is 31.1. The fourth-order valence-electron chi connectivity index (χ4n) is 5.41. The van der Waals surface area contributed by atoms with Crippen LogP contribution >= 0.6 is 7.92 Å². The quantitative estimate of drug-likeness (QED) is 0.259. The van der Waals surface area contributed by atoms with Crippen molar-refractivity contribution in [1.82, 2.24) is 9.47 Å². The Morgan fingerprint density at radius 3 is 1.90 bits per heavy atom. The molecule has 1 aromatic heterocycles. The first kappa shape index (κ1) is 27.1. The fourth-order valence-corrected chi connectivity index (χ4v) is 7.97. The zero-order valence-corrected chi connectivity index (χ0v) is 24.6. The molecule has 1 aliphatic heterocycles. The summed E-state index contributed by atoms with van der Waals surface area (Å²) in [5.74, 6) is 1.01. The number of hydrogen-bond donors (Lipinski definition) is 0. The Hall–Kier alpha value is -3.43. The van der Waals surface area contributed by atoms with E-state index in [1.807, 2.05) is 33.7 Å². The molecule has 1 aliphatic rings. The third-order valence-corrected chi connectivity index (χ3v) is 9.75. The number of fused-ring (bicyclic) bond motifs is 1. The van der Waals surface area contributed by atoms with Gasteiger partial charge in [0.1, 0.15) is 6.61 Å². The van der Waals surface area contributed by atoms with Gasteiger partial charge in [0.25, 0.3) is 0 Å². The summed E-state index contributed by atoms with van der Waals surface area (Å²) >= 11 is 0. The van der Waals surface area contributed by atoms with Gasteiger partial charge in [0.15, 0.2) is 0 Å². The molecule has 0 saturated carbocycles. The van der Waals surface area contributed by atoms with Crippen LogP contribution < -0.4 is 16.0 Å². The minimum Gasteiger partial charge on any atom is -0.475 e. The predicted octanol–water partition coefficient (Wildman–Crippen LogP) is 6.29. The van der Waals surface area contributed by atoms with Crippen molar-refractivity contribution in [3.8, 4) is 0 Å². The van der Waals surface area contributed by atoms with Crippen LogP contribution in [0.4, 0.5) is 4.79 Å². The second-order valence-electron chi connectivity index (χ2n) is 11.0. The number of hydrogen-bond acceptors (Lipinski definition) is 3. The van der Waals surface area contributed by atoms with Gasteiger partial charge in [0.05, 0.1) is 22.6 Å². The molecule has 0 radical (unpaired) electrons. The second-order valence-corrected chi connectivity index (χ2v) is 13.1. The van der Waals surface area contributed by atoms with Crippen LogP contribution in [-0.2, 0) is 4.74 Å². The Kier molecular flexibility index (Phi) is 7.91. The van der Waals surface area contributed by atoms with E-state index in [2.05, 4.69) is 102 Å². The predicted molar refractivity (Wildman–Crippen MR) is 165 cm³/mol. The molecule has 1 amide bonds. The van der Waals surface area contributed by atoms with E-state index in [9.17, 15) is 4.79 Å². The SMILES string of the molecule is CC(C)[C@H]1COC(c2c(P(c3ccccc3)c3ccccc3)n(C(=O)N(C(C)C)C(C)C)c3ccccc23)=N1. The number of rotatable bonds is 7. The second kappa shape index (κ2) is 11.4. The standard InChI is InChI=1S/C33H38N3O2P/c1-22(2)28-21-38-31(34-28)30-27-19-13-14-20-29(27)36(33(37)35(23(3)4)24(5)6)32(30)39(25-15-9-7-10-16-25)26-17-11-8-12-18-26/h7-20,22-24,28H,21H2,1-6H3/t28-/m1/s1. The van der Waals surface area contributed by atoms with Crippen molar-refractivity contribution in [3.05, 3.63) is 90.5 Å². The van der Waals surface area contributed by atoms with Crippen LogP contribution in [0.5, 0.6) is 0 Å². The lowest BCUT2D eigenvalue weighted by atomic mass is 10.1. The maximum absolute atomic E-state index is 14.6. The number of ether oxygens (including phenoxy) is 1. The topological polar surface area (TPSA) is 46.8 Å². The first-order chi connectivity index (χ1) is 18.8. The number of aliphatic imine (C=N–C) groups is 1. The normalized spacial score (nSPS) is 15.4. The molecule has 2 heterocycles. The molecule has 4 aromatic rings. The summed E-state index contributed by atoms with van der Waals surface area (Å²) in [4.78, 5) is 21.7. The van der Waals surface area contributed by atoms with Gasteiger partial charge < -0.3 is 9.64 Å². The van der Waals surface area contributed by atoms with Gasteiger partial charge >= 0.3 is 6.03 Å². The van der Waals surface area contributed by atoms with Crippen molar-refractivity contribution in [2.24, 2.45) is 10.9 Å². The monoisotopic (exact) mass is 539 g/mol. The van der Waals surface area contributed by atoms with E-state index in [0.29, 0.717) is 18.4 Å². The minimum absolute atomic E-state index is 0.0178. The zero-order valence-electron chi connectivity index (χ0n) is 23.7. The highest BCUT2D eigenvalue weighted by molar-refractivity contribution is 7.79. The van der Waals surface area contributed by atoms with Gasteiger partial charge in [0.2, 0.25) is 5.90 Å². The van der Waals surface area contributed by atoms with Crippen LogP contribution in [0.1, 0.15) is 47.1 Å². The van der Waals surface area contributed by atoms with E-state index in [1.54, 1.807) is 0 Å². The molecule has 0 unspecified atom stereocenters. The Balaban J connectivity index is 1.90. The number of carbonyl (C=O) groups excluding carboxylic acids is 1. The summed E-state index contributed by atoms with van der Waals surface area (Å²) in [5.41, 5.74) is 2.79. The Morgan fingerprint density at radius 2 is 1.38 bits per heavy atom. The molecular weight excluding hydrogens is 501 g/mol. The zero-order chi connectivity index (χ0) is 27.7. The molecule has 5 nitrogen and oxygen atoms in total. The Morgan fingerprint density at radius 1 is 0.846 bits per heavy atom. The van der Waals surface area contributed by atoms with Crippen molar-refractivity contribution in [2.75, 3.05) is 6.61 Å². The molecular formula is C33H38N3O2P. The van der Waals surface area contributed by atoms with Gasteiger partial charge in [-0.05, 0) is 50.3 Å². The first-order valence-corrected chi connectivity index (χ1v) is 15.2. The lowest BCUT2D eigenvalue weighted by molar-refractivity contribution is 0.168. The van der Waals surface area contributed by atoms with Gasteiger partial charge in [-0.25, -0.2) is 9.79 Å².